The van der Waals surface area contributed by atoms with Crippen molar-refractivity contribution in [2.75, 3.05) is 0 Å². The summed E-state index contributed by atoms with van der Waals surface area (Å²) in [6.45, 7) is 8.64. The minimum atomic E-state index is -0.298. The van der Waals surface area contributed by atoms with Gasteiger partial charge in [0.05, 0.1) is 28.5 Å². The van der Waals surface area contributed by atoms with Gasteiger partial charge in [0.15, 0.2) is 0 Å². The van der Waals surface area contributed by atoms with Crippen molar-refractivity contribution in [1.29, 1.82) is 0 Å². The number of benzene rings is 1. The summed E-state index contributed by atoms with van der Waals surface area (Å²) < 4.78 is 0. The number of hydrogen-bond acceptors (Lipinski definition) is 5. The highest BCUT2D eigenvalue weighted by Crippen LogP contribution is 2.42. The smallest absolute Gasteiger partial charge is 0.116 e. The quantitative estimate of drug-likeness (QED) is 0.690. The summed E-state index contributed by atoms with van der Waals surface area (Å²) in [6, 6.07) is 7.85. The molecular weight excluding hydrogens is 298 g/mol. The van der Waals surface area contributed by atoms with Crippen LogP contribution in [0.2, 0.25) is 0 Å². The molecule has 3 heterocycles. The van der Waals surface area contributed by atoms with E-state index in [-0.39, 0.29) is 11.0 Å². The monoisotopic (exact) mass is 317 g/mol. The molecule has 0 spiro atoms. The molecule has 4 rings (SSSR count). The average Bonchev–Trinajstić information content (AvgIpc) is 2.58. The van der Waals surface area contributed by atoms with Gasteiger partial charge in [-0.3, -0.25) is 9.98 Å². The number of para-hydroxylation sites is 2. The summed E-state index contributed by atoms with van der Waals surface area (Å²) >= 11 is 0. The predicted octanol–water partition coefficient (Wildman–Crippen LogP) is 3.33. The van der Waals surface area contributed by atoms with Gasteiger partial charge in [0.2, 0.25) is 0 Å². The molecule has 0 radical (unpaired) electrons. The van der Waals surface area contributed by atoms with Crippen LogP contribution in [0.25, 0.3) is 11.0 Å². The number of aliphatic imine (C=N–C) groups is 1. The molecule has 1 aliphatic heterocycles. The molecule has 1 aliphatic rings. The fraction of sp³-hybridized carbons (Fsp3) is 0.316. The van der Waals surface area contributed by atoms with Gasteiger partial charge in [-0.05, 0) is 26.0 Å². The van der Waals surface area contributed by atoms with E-state index >= 15 is 0 Å². The van der Waals surface area contributed by atoms with E-state index < -0.39 is 0 Å². The maximum absolute atomic E-state index is 5.01. The average molecular weight is 317 g/mol. The van der Waals surface area contributed by atoms with Gasteiger partial charge >= 0.3 is 0 Å². The van der Waals surface area contributed by atoms with E-state index in [0.717, 1.165) is 33.7 Å². The SMILES string of the molecule is CC1(C)N=C(c2cnc3ccccc3n2)c2ncncc2C1(C)C. The summed E-state index contributed by atoms with van der Waals surface area (Å²) in [7, 11) is 0. The van der Waals surface area contributed by atoms with Crippen LogP contribution in [0.3, 0.4) is 0 Å². The number of hydrogen-bond donors (Lipinski definition) is 0. The highest BCUT2D eigenvalue weighted by atomic mass is 15.0. The fourth-order valence-corrected chi connectivity index (χ4v) is 3.03. The lowest BCUT2D eigenvalue weighted by Crippen LogP contribution is -2.46. The van der Waals surface area contributed by atoms with Gasteiger partial charge in [0.25, 0.3) is 0 Å². The molecule has 0 unspecified atom stereocenters. The van der Waals surface area contributed by atoms with E-state index in [4.69, 9.17) is 9.98 Å². The molecule has 1 aromatic carbocycles. The first-order valence-electron chi connectivity index (χ1n) is 8.03. The summed E-state index contributed by atoms with van der Waals surface area (Å²) in [4.78, 5) is 23.0. The lowest BCUT2D eigenvalue weighted by molar-refractivity contribution is 0.301. The van der Waals surface area contributed by atoms with Crippen LogP contribution in [0.15, 0.2) is 48.0 Å². The molecule has 0 atom stereocenters. The molecule has 0 amide bonds. The molecule has 24 heavy (non-hydrogen) atoms. The molecule has 0 bridgehead atoms. The van der Waals surface area contributed by atoms with Gasteiger partial charge in [-0.15, -0.1) is 0 Å². The fourth-order valence-electron chi connectivity index (χ4n) is 3.03. The van der Waals surface area contributed by atoms with E-state index in [0.29, 0.717) is 0 Å². The first-order valence-corrected chi connectivity index (χ1v) is 8.03. The van der Waals surface area contributed by atoms with Crippen molar-refractivity contribution in [2.45, 2.75) is 38.6 Å². The zero-order valence-electron chi connectivity index (χ0n) is 14.3. The van der Waals surface area contributed by atoms with Gasteiger partial charge in [-0.2, -0.15) is 0 Å². The molecule has 2 aromatic heterocycles. The van der Waals surface area contributed by atoms with Crippen molar-refractivity contribution in [3.63, 3.8) is 0 Å². The first-order chi connectivity index (χ1) is 11.4. The van der Waals surface area contributed by atoms with Crippen LogP contribution in [-0.4, -0.2) is 31.2 Å². The number of rotatable bonds is 1. The van der Waals surface area contributed by atoms with Crippen molar-refractivity contribution >= 4 is 16.7 Å². The standard InChI is InChI=1S/C19H19N5/c1-18(2)12-9-20-11-22-16(12)17(24-19(18,3)4)15-10-21-13-7-5-6-8-14(13)23-15/h5-11H,1-4H3. The molecule has 0 saturated carbocycles. The molecule has 0 N–H and O–H groups in total. The van der Waals surface area contributed by atoms with Crippen molar-refractivity contribution < 1.29 is 0 Å². The van der Waals surface area contributed by atoms with Gasteiger partial charge in [0, 0.05) is 17.2 Å². The molecule has 0 fully saturated rings. The van der Waals surface area contributed by atoms with Crippen LogP contribution in [0, 0.1) is 0 Å². The lowest BCUT2D eigenvalue weighted by Gasteiger charge is -2.43. The van der Waals surface area contributed by atoms with Crippen LogP contribution in [0.5, 0.6) is 0 Å². The normalized spacial score (nSPS) is 18.1. The first kappa shape index (κ1) is 14.9. The molecule has 5 nitrogen and oxygen atoms in total. The van der Waals surface area contributed by atoms with Gasteiger partial charge in [-0.1, -0.05) is 26.0 Å². The Balaban J connectivity index is 1.98. The third-order valence-corrected chi connectivity index (χ3v) is 5.22. The van der Waals surface area contributed by atoms with Gasteiger partial charge in [-0.25, -0.2) is 15.0 Å². The van der Waals surface area contributed by atoms with Gasteiger partial charge < -0.3 is 0 Å². The van der Waals surface area contributed by atoms with Crippen molar-refractivity contribution in [3.8, 4) is 0 Å². The van der Waals surface area contributed by atoms with Crippen LogP contribution < -0.4 is 0 Å². The Bertz CT molecular complexity index is 972. The summed E-state index contributed by atoms with van der Waals surface area (Å²) in [5, 5.41) is 0. The van der Waals surface area contributed by atoms with Crippen LogP contribution in [-0.2, 0) is 5.41 Å². The largest absolute Gasteiger partial charge is 0.274 e. The Morgan fingerprint density at radius 1 is 0.875 bits per heavy atom. The van der Waals surface area contributed by atoms with Crippen LogP contribution >= 0.6 is 0 Å². The Kier molecular flexibility index (Phi) is 3.04. The molecule has 3 aromatic rings. The van der Waals surface area contributed by atoms with E-state index in [1.54, 1.807) is 12.5 Å². The minimum absolute atomic E-state index is 0.169. The topological polar surface area (TPSA) is 63.9 Å². The van der Waals surface area contributed by atoms with Crippen LogP contribution in [0.1, 0.15) is 44.6 Å². The van der Waals surface area contributed by atoms with E-state index in [9.17, 15) is 0 Å². The Hall–Kier alpha value is -2.69. The zero-order chi connectivity index (χ0) is 16.9. The number of aromatic nitrogens is 4. The number of fused-ring (bicyclic) bond motifs is 2. The lowest BCUT2D eigenvalue weighted by atomic mass is 9.67. The van der Waals surface area contributed by atoms with Crippen LogP contribution in [0.4, 0.5) is 0 Å². The van der Waals surface area contributed by atoms with Crippen molar-refractivity contribution in [1.82, 2.24) is 19.9 Å². The second-order valence-electron chi connectivity index (χ2n) is 7.17. The molecule has 120 valence electrons. The third-order valence-electron chi connectivity index (χ3n) is 5.22. The molecule has 0 saturated heterocycles. The summed E-state index contributed by atoms with van der Waals surface area (Å²) in [5.74, 6) is 0. The molecule has 0 aliphatic carbocycles. The maximum atomic E-state index is 5.01. The number of nitrogens with zero attached hydrogens (tertiary/aromatic N) is 5. The van der Waals surface area contributed by atoms with Crippen molar-refractivity contribution in [2.24, 2.45) is 4.99 Å². The Labute approximate surface area is 140 Å². The van der Waals surface area contributed by atoms with E-state index in [1.807, 2.05) is 30.5 Å². The zero-order valence-corrected chi connectivity index (χ0v) is 14.3. The van der Waals surface area contributed by atoms with Gasteiger partial charge in [0.1, 0.15) is 17.7 Å². The third kappa shape index (κ3) is 2.04. The second-order valence-corrected chi connectivity index (χ2v) is 7.17. The minimum Gasteiger partial charge on any atom is -0.274 e. The Morgan fingerprint density at radius 2 is 1.62 bits per heavy atom. The summed E-state index contributed by atoms with van der Waals surface area (Å²) in [5.41, 5.74) is 4.74. The maximum Gasteiger partial charge on any atom is 0.116 e. The molecule has 5 heteroatoms. The molecular formula is C19H19N5. The Morgan fingerprint density at radius 3 is 2.42 bits per heavy atom. The highest BCUT2D eigenvalue weighted by molar-refractivity contribution is 6.12. The predicted molar refractivity (Wildman–Crippen MR) is 94.3 cm³/mol. The highest BCUT2D eigenvalue weighted by Gasteiger charge is 2.45. The second kappa shape index (κ2) is 4.90. The van der Waals surface area contributed by atoms with Crippen molar-refractivity contribution in [3.05, 3.63) is 59.9 Å². The van der Waals surface area contributed by atoms with E-state index in [1.165, 1.54) is 0 Å². The summed E-state index contributed by atoms with van der Waals surface area (Å²) in [6.07, 6.45) is 5.24. The van der Waals surface area contributed by atoms with E-state index in [2.05, 4.69) is 42.6 Å².